The fourth-order valence-corrected chi connectivity index (χ4v) is 4.17. The molecule has 4 rings (SSSR count). The maximum atomic E-state index is 13.5. The number of aromatic nitrogens is 2. The highest BCUT2D eigenvalue weighted by Gasteiger charge is 2.33. The highest BCUT2D eigenvalue weighted by atomic mass is 19.1. The van der Waals surface area contributed by atoms with Crippen LogP contribution in [-0.2, 0) is 6.54 Å². The van der Waals surface area contributed by atoms with Crippen LogP contribution in [0.5, 0.6) is 0 Å². The Morgan fingerprint density at radius 3 is 2.62 bits per heavy atom. The van der Waals surface area contributed by atoms with Crippen molar-refractivity contribution >= 4 is 17.6 Å². The van der Waals surface area contributed by atoms with Gasteiger partial charge in [-0.1, -0.05) is 24.3 Å². The Bertz CT molecular complexity index is 1230. The number of nitrogens with zero attached hydrogens (tertiary/aromatic N) is 3. The molecule has 3 aromatic rings. The zero-order chi connectivity index (χ0) is 24.4. The van der Waals surface area contributed by atoms with Gasteiger partial charge < -0.3 is 20.6 Å². The highest BCUT2D eigenvalue weighted by Crippen LogP contribution is 2.35. The molecule has 0 radical (unpaired) electrons. The van der Waals surface area contributed by atoms with E-state index in [2.05, 4.69) is 20.6 Å². The summed E-state index contributed by atoms with van der Waals surface area (Å²) in [7, 11) is 1.89. The first-order valence-electron chi connectivity index (χ1n) is 10.9. The van der Waals surface area contributed by atoms with E-state index in [1.165, 1.54) is 12.4 Å². The van der Waals surface area contributed by atoms with Gasteiger partial charge in [0.2, 0.25) is 0 Å². The van der Waals surface area contributed by atoms with E-state index in [4.69, 9.17) is 5.11 Å². The van der Waals surface area contributed by atoms with E-state index < -0.39 is 5.97 Å². The molecular weight excluding hydrogens is 437 g/mol. The number of fused-ring (bicyclic) bond motifs is 1. The summed E-state index contributed by atoms with van der Waals surface area (Å²) in [5, 5.41) is 15.5. The third kappa shape index (κ3) is 4.74. The van der Waals surface area contributed by atoms with Crippen LogP contribution in [0.2, 0.25) is 0 Å². The summed E-state index contributed by atoms with van der Waals surface area (Å²) >= 11 is 0. The van der Waals surface area contributed by atoms with E-state index in [0.717, 1.165) is 16.8 Å². The number of hydrogen-bond acceptors (Lipinski definition) is 6. The van der Waals surface area contributed by atoms with Crippen molar-refractivity contribution in [1.82, 2.24) is 20.6 Å². The van der Waals surface area contributed by atoms with Gasteiger partial charge in [-0.05, 0) is 48.7 Å². The smallest absolute Gasteiger partial charge is 0.335 e. The van der Waals surface area contributed by atoms with Crippen LogP contribution in [0.1, 0.15) is 62.2 Å². The molecule has 176 valence electrons. The first-order chi connectivity index (χ1) is 16.2. The number of carbonyl (C=O) groups excluding carboxylic acids is 1. The summed E-state index contributed by atoms with van der Waals surface area (Å²) in [6.45, 7) is 4.53. The molecule has 1 amide bonds. The summed E-state index contributed by atoms with van der Waals surface area (Å²) in [6.07, 6.45) is 1.38. The number of carboxylic acid groups (broad SMARTS) is 1. The molecule has 2 heterocycles. The van der Waals surface area contributed by atoms with E-state index in [9.17, 15) is 14.0 Å². The number of halogens is 1. The van der Waals surface area contributed by atoms with Gasteiger partial charge in [-0.25, -0.2) is 19.2 Å². The van der Waals surface area contributed by atoms with Crippen LogP contribution in [0.25, 0.3) is 0 Å². The standard InChI is InChI=1S/C25H26FN5O3/c1-14-10-16(4-9-19(14)26)11-27-24(32)22-23-21(28-13-29-22)20(12-31(23)3)30-15(2)17-5-7-18(8-6-17)25(33)34/h4-10,13,15,20,30H,11-12H2,1-3H3,(H,27,32)(H,33,34). The van der Waals surface area contributed by atoms with Crippen LogP contribution in [-0.4, -0.2) is 40.5 Å². The van der Waals surface area contributed by atoms with Crippen LogP contribution < -0.4 is 15.5 Å². The highest BCUT2D eigenvalue weighted by molar-refractivity contribution is 5.98. The molecule has 3 N–H and O–H groups in total. The van der Waals surface area contributed by atoms with Crippen LogP contribution in [0.3, 0.4) is 0 Å². The van der Waals surface area contributed by atoms with Gasteiger partial charge in [-0.15, -0.1) is 0 Å². The SMILES string of the molecule is Cc1cc(CNC(=O)c2ncnc3c2N(C)CC3NC(C)c2ccc(C(=O)O)cc2)ccc1F. The van der Waals surface area contributed by atoms with Crippen molar-refractivity contribution in [1.29, 1.82) is 0 Å². The molecule has 8 nitrogen and oxygen atoms in total. The van der Waals surface area contributed by atoms with Crippen molar-refractivity contribution in [2.24, 2.45) is 0 Å². The van der Waals surface area contributed by atoms with Crippen molar-refractivity contribution in [3.05, 3.63) is 88.3 Å². The zero-order valence-electron chi connectivity index (χ0n) is 19.2. The molecule has 1 aliphatic rings. The van der Waals surface area contributed by atoms with E-state index in [1.54, 1.807) is 43.3 Å². The number of amides is 1. The molecule has 0 saturated carbocycles. The summed E-state index contributed by atoms with van der Waals surface area (Å²) in [4.78, 5) is 34.7. The Morgan fingerprint density at radius 2 is 1.94 bits per heavy atom. The lowest BCUT2D eigenvalue weighted by Gasteiger charge is -2.20. The van der Waals surface area contributed by atoms with Crippen LogP contribution in [0.4, 0.5) is 10.1 Å². The van der Waals surface area contributed by atoms with Crippen molar-refractivity contribution < 1.29 is 19.1 Å². The van der Waals surface area contributed by atoms with Crippen molar-refractivity contribution in [3.8, 4) is 0 Å². The molecule has 0 fully saturated rings. The minimum Gasteiger partial charge on any atom is -0.478 e. The average molecular weight is 464 g/mol. The number of likely N-dealkylation sites (N-methyl/N-ethyl adjacent to an activating group) is 1. The van der Waals surface area contributed by atoms with Gasteiger partial charge in [-0.2, -0.15) is 0 Å². The predicted molar refractivity (Wildman–Crippen MR) is 125 cm³/mol. The Morgan fingerprint density at radius 1 is 1.21 bits per heavy atom. The summed E-state index contributed by atoms with van der Waals surface area (Å²) in [5.74, 6) is -1.57. The maximum absolute atomic E-state index is 13.5. The third-order valence-electron chi connectivity index (χ3n) is 6.02. The number of aryl methyl sites for hydroxylation is 1. The fraction of sp³-hybridized carbons (Fsp3) is 0.280. The number of carbonyl (C=O) groups is 2. The van der Waals surface area contributed by atoms with Crippen molar-refractivity contribution in [2.75, 3.05) is 18.5 Å². The van der Waals surface area contributed by atoms with Crippen LogP contribution in [0.15, 0.2) is 48.8 Å². The molecule has 0 spiro atoms. The Kier molecular flexibility index (Phi) is 6.56. The van der Waals surface area contributed by atoms with Gasteiger partial charge in [0.15, 0.2) is 5.69 Å². The lowest BCUT2D eigenvalue weighted by atomic mass is 10.0. The number of carboxylic acids is 1. The molecule has 34 heavy (non-hydrogen) atoms. The summed E-state index contributed by atoms with van der Waals surface area (Å²) in [6, 6.07) is 11.3. The maximum Gasteiger partial charge on any atom is 0.335 e. The number of rotatable bonds is 7. The second-order valence-electron chi connectivity index (χ2n) is 8.47. The van der Waals surface area contributed by atoms with Gasteiger partial charge in [0.1, 0.15) is 12.1 Å². The number of hydrogen-bond donors (Lipinski definition) is 3. The number of benzene rings is 2. The van der Waals surface area contributed by atoms with Crippen molar-refractivity contribution in [3.63, 3.8) is 0 Å². The molecule has 1 aromatic heterocycles. The van der Waals surface area contributed by atoms with Crippen molar-refractivity contribution in [2.45, 2.75) is 32.5 Å². The number of nitrogens with one attached hydrogen (secondary N) is 2. The molecule has 2 unspecified atom stereocenters. The Labute approximate surface area is 196 Å². The fourth-order valence-electron chi connectivity index (χ4n) is 4.17. The molecule has 0 saturated heterocycles. The van der Waals surface area contributed by atoms with Gasteiger partial charge in [0.05, 0.1) is 23.0 Å². The quantitative estimate of drug-likeness (QED) is 0.493. The number of anilines is 1. The normalized spacial score (nSPS) is 15.6. The van der Waals surface area contributed by atoms with Gasteiger partial charge >= 0.3 is 5.97 Å². The molecule has 2 aromatic carbocycles. The van der Waals surface area contributed by atoms with E-state index in [1.807, 2.05) is 18.9 Å². The van der Waals surface area contributed by atoms with E-state index >= 15 is 0 Å². The topological polar surface area (TPSA) is 107 Å². The van der Waals surface area contributed by atoms with Gasteiger partial charge in [0, 0.05) is 26.2 Å². The summed E-state index contributed by atoms with van der Waals surface area (Å²) in [5.41, 5.74) is 4.19. The van der Waals surface area contributed by atoms with Crippen LogP contribution >= 0.6 is 0 Å². The van der Waals surface area contributed by atoms with Gasteiger partial charge in [0.25, 0.3) is 5.91 Å². The number of aromatic carboxylic acids is 1. The first kappa shape index (κ1) is 23.3. The third-order valence-corrected chi connectivity index (χ3v) is 6.02. The van der Waals surface area contributed by atoms with E-state index in [0.29, 0.717) is 17.8 Å². The average Bonchev–Trinajstić information content (AvgIpc) is 3.14. The lowest BCUT2D eigenvalue weighted by molar-refractivity contribution is 0.0696. The predicted octanol–water partition coefficient (Wildman–Crippen LogP) is 3.39. The Hall–Kier alpha value is -3.85. The zero-order valence-corrected chi connectivity index (χ0v) is 19.2. The minimum absolute atomic E-state index is 0.0684. The molecular formula is C25H26FN5O3. The molecule has 0 bridgehead atoms. The molecule has 9 heteroatoms. The molecule has 1 aliphatic heterocycles. The second-order valence-corrected chi connectivity index (χ2v) is 8.47. The summed E-state index contributed by atoms with van der Waals surface area (Å²) < 4.78 is 13.5. The minimum atomic E-state index is -0.962. The monoisotopic (exact) mass is 463 g/mol. The molecule has 0 aliphatic carbocycles. The van der Waals surface area contributed by atoms with Crippen LogP contribution in [0, 0.1) is 12.7 Å². The largest absolute Gasteiger partial charge is 0.478 e. The Balaban J connectivity index is 1.48. The van der Waals surface area contributed by atoms with Gasteiger partial charge in [-0.3, -0.25) is 4.79 Å². The van der Waals surface area contributed by atoms with E-state index in [-0.39, 0.29) is 41.6 Å². The molecule has 2 atom stereocenters. The lowest BCUT2D eigenvalue weighted by Crippen LogP contribution is -2.29. The second kappa shape index (κ2) is 9.56. The first-order valence-corrected chi connectivity index (χ1v) is 10.9.